The molecule has 2 aromatic carbocycles. The zero-order valence-corrected chi connectivity index (χ0v) is 17.4. The molecule has 0 unspecified atom stereocenters. The molecule has 29 heavy (non-hydrogen) atoms. The Balaban J connectivity index is 1.64. The van der Waals surface area contributed by atoms with Crippen molar-refractivity contribution in [3.05, 3.63) is 66.2 Å². The third kappa shape index (κ3) is 5.31. The number of benzene rings is 2. The number of hydrogen-bond donors (Lipinski definition) is 0. The number of anilines is 1. The summed E-state index contributed by atoms with van der Waals surface area (Å²) >= 11 is 0. The van der Waals surface area contributed by atoms with E-state index in [9.17, 15) is 4.79 Å². The highest BCUT2D eigenvalue weighted by Crippen LogP contribution is 2.29. The standard InChI is InChI=1S/C24H30N2O3/c1-4-16-29-22-13-10-20(17-23(22)28-3)24(27)25(2)18-19-8-11-21(12-9-19)26-14-6-5-7-15-26/h4,8-13,17H,1,5-7,14-16,18H2,2-3H3. The van der Waals surface area contributed by atoms with Crippen LogP contribution in [0.3, 0.4) is 0 Å². The molecule has 0 aromatic heterocycles. The number of ether oxygens (including phenoxy) is 2. The summed E-state index contributed by atoms with van der Waals surface area (Å²) in [6, 6.07) is 13.8. The second kappa shape index (κ2) is 10.0. The number of carbonyl (C=O) groups excluding carboxylic acids is 1. The minimum Gasteiger partial charge on any atom is -0.493 e. The van der Waals surface area contributed by atoms with E-state index in [1.165, 1.54) is 24.9 Å². The van der Waals surface area contributed by atoms with E-state index in [1.807, 2.05) is 7.05 Å². The van der Waals surface area contributed by atoms with Crippen molar-refractivity contribution in [3.8, 4) is 11.5 Å². The molecule has 154 valence electrons. The quantitative estimate of drug-likeness (QED) is 0.617. The summed E-state index contributed by atoms with van der Waals surface area (Å²) in [4.78, 5) is 17.0. The van der Waals surface area contributed by atoms with Crippen molar-refractivity contribution in [1.82, 2.24) is 4.90 Å². The number of amides is 1. The van der Waals surface area contributed by atoms with Crippen molar-refractivity contribution in [3.63, 3.8) is 0 Å². The highest BCUT2D eigenvalue weighted by Gasteiger charge is 2.16. The largest absolute Gasteiger partial charge is 0.493 e. The fourth-order valence-electron chi connectivity index (χ4n) is 3.60. The van der Waals surface area contributed by atoms with Gasteiger partial charge in [0.05, 0.1) is 7.11 Å². The molecule has 0 saturated carbocycles. The highest BCUT2D eigenvalue weighted by atomic mass is 16.5. The summed E-state index contributed by atoms with van der Waals surface area (Å²) in [6.07, 6.45) is 5.52. The first-order chi connectivity index (χ1) is 14.1. The van der Waals surface area contributed by atoms with Crippen molar-refractivity contribution in [2.24, 2.45) is 0 Å². The van der Waals surface area contributed by atoms with Gasteiger partial charge in [0, 0.05) is 37.9 Å². The van der Waals surface area contributed by atoms with Crippen LogP contribution in [0.4, 0.5) is 5.69 Å². The maximum absolute atomic E-state index is 12.9. The fraction of sp³-hybridized carbons (Fsp3) is 0.375. The highest BCUT2D eigenvalue weighted by molar-refractivity contribution is 5.94. The molecular weight excluding hydrogens is 364 g/mol. The Morgan fingerprint density at radius 1 is 1.10 bits per heavy atom. The molecule has 5 heteroatoms. The van der Waals surface area contributed by atoms with Gasteiger partial charge in [0.15, 0.2) is 11.5 Å². The topological polar surface area (TPSA) is 42.0 Å². The Hall–Kier alpha value is -2.95. The van der Waals surface area contributed by atoms with Gasteiger partial charge < -0.3 is 19.3 Å². The molecule has 1 amide bonds. The van der Waals surface area contributed by atoms with Crippen LogP contribution < -0.4 is 14.4 Å². The summed E-state index contributed by atoms with van der Waals surface area (Å²) in [5.41, 5.74) is 2.95. The maximum atomic E-state index is 12.9. The van der Waals surface area contributed by atoms with E-state index < -0.39 is 0 Å². The first-order valence-corrected chi connectivity index (χ1v) is 10.1. The molecule has 1 heterocycles. The summed E-state index contributed by atoms with van der Waals surface area (Å²) in [5.74, 6) is 1.08. The Morgan fingerprint density at radius 3 is 2.48 bits per heavy atom. The summed E-state index contributed by atoms with van der Waals surface area (Å²) in [5, 5.41) is 0. The third-order valence-corrected chi connectivity index (χ3v) is 5.19. The van der Waals surface area contributed by atoms with Crippen LogP contribution in [0.15, 0.2) is 55.1 Å². The lowest BCUT2D eigenvalue weighted by molar-refractivity contribution is 0.0784. The number of piperidine rings is 1. The molecule has 2 aromatic rings. The van der Waals surface area contributed by atoms with Crippen molar-refractivity contribution >= 4 is 11.6 Å². The number of nitrogens with zero attached hydrogens (tertiary/aromatic N) is 2. The molecule has 3 rings (SSSR count). The fourth-order valence-corrected chi connectivity index (χ4v) is 3.60. The lowest BCUT2D eigenvalue weighted by Crippen LogP contribution is -2.29. The molecule has 1 fully saturated rings. The number of carbonyl (C=O) groups is 1. The molecule has 1 aliphatic heterocycles. The normalized spacial score (nSPS) is 13.7. The molecule has 0 aliphatic carbocycles. The Morgan fingerprint density at radius 2 is 1.83 bits per heavy atom. The van der Waals surface area contributed by atoms with Crippen LogP contribution in [0, 0.1) is 0 Å². The van der Waals surface area contributed by atoms with E-state index in [2.05, 4.69) is 35.7 Å². The van der Waals surface area contributed by atoms with Gasteiger partial charge in [-0.05, 0) is 55.2 Å². The Kier molecular flexibility index (Phi) is 7.17. The third-order valence-electron chi connectivity index (χ3n) is 5.19. The van der Waals surface area contributed by atoms with Gasteiger partial charge in [-0.15, -0.1) is 0 Å². The second-order valence-corrected chi connectivity index (χ2v) is 7.34. The van der Waals surface area contributed by atoms with Gasteiger partial charge in [-0.2, -0.15) is 0 Å². The van der Waals surface area contributed by atoms with Gasteiger partial charge in [0.2, 0.25) is 0 Å². The Bertz CT molecular complexity index is 827. The number of methoxy groups -OCH3 is 1. The van der Waals surface area contributed by atoms with E-state index >= 15 is 0 Å². The predicted molar refractivity (Wildman–Crippen MR) is 117 cm³/mol. The average Bonchev–Trinajstić information content (AvgIpc) is 2.78. The molecule has 0 spiro atoms. The lowest BCUT2D eigenvalue weighted by Gasteiger charge is -2.29. The van der Waals surface area contributed by atoms with Crippen molar-refractivity contribution in [2.75, 3.05) is 38.8 Å². The van der Waals surface area contributed by atoms with Gasteiger partial charge >= 0.3 is 0 Å². The van der Waals surface area contributed by atoms with Crippen LogP contribution in [0.1, 0.15) is 35.2 Å². The zero-order chi connectivity index (χ0) is 20.6. The monoisotopic (exact) mass is 394 g/mol. The molecular formula is C24H30N2O3. The minimum atomic E-state index is -0.0568. The van der Waals surface area contributed by atoms with Crippen LogP contribution in [0.2, 0.25) is 0 Å². The van der Waals surface area contributed by atoms with Crippen LogP contribution in [0.25, 0.3) is 0 Å². The molecule has 0 radical (unpaired) electrons. The molecule has 1 saturated heterocycles. The lowest BCUT2D eigenvalue weighted by atomic mass is 10.1. The van der Waals surface area contributed by atoms with Crippen LogP contribution >= 0.6 is 0 Å². The van der Waals surface area contributed by atoms with E-state index in [-0.39, 0.29) is 5.91 Å². The van der Waals surface area contributed by atoms with Crippen molar-refractivity contribution in [1.29, 1.82) is 0 Å². The average molecular weight is 395 g/mol. The van der Waals surface area contributed by atoms with Crippen molar-refractivity contribution in [2.45, 2.75) is 25.8 Å². The van der Waals surface area contributed by atoms with E-state index in [1.54, 1.807) is 36.3 Å². The second-order valence-electron chi connectivity index (χ2n) is 7.34. The maximum Gasteiger partial charge on any atom is 0.254 e. The van der Waals surface area contributed by atoms with E-state index in [0.29, 0.717) is 30.2 Å². The SMILES string of the molecule is C=CCOc1ccc(C(=O)N(C)Cc2ccc(N3CCCCC3)cc2)cc1OC. The van der Waals surface area contributed by atoms with Gasteiger partial charge in [0.25, 0.3) is 5.91 Å². The zero-order valence-electron chi connectivity index (χ0n) is 17.4. The Labute approximate surface area is 173 Å². The van der Waals surface area contributed by atoms with Gasteiger partial charge in [0.1, 0.15) is 6.61 Å². The number of rotatable bonds is 8. The summed E-state index contributed by atoms with van der Waals surface area (Å²) in [6.45, 7) is 6.84. The molecule has 5 nitrogen and oxygen atoms in total. The number of hydrogen-bond acceptors (Lipinski definition) is 4. The van der Waals surface area contributed by atoms with Crippen LogP contribution in [0.5, 0.6) is 11.5 Å². The van der Waals surface area contributed by atoms with Gasteiger partial charge in [-0.25, -0.2) is 0 Å². The summed E-state index contributed by atoms with van der Waals surface area (Å²) in [7, 11) is 3.38. The first-order valence-electron chi connectivity index (χ1n) is 10.1. The van der Waals surface area contributed by atoms with Crippen molar-refractivity contribution < 1.29 is 14.3 Å². The van der Waals surface area contributed by atoms with Gasteiger partial charge in [-0.1, -0.05) is 24.8 Å². The predicted octanol–water partition coefficient (Wildman–Crippen LogP) is 4.52. The molecule has 0 N–H and O–H groups in total. The van der Waals surface area contributed by atoms with Crippen LogP contribution in [-0.2, 0) is 6.54 Å². The minimum absolute atomic E-state index is 0.0568. The first kappa shape index (κ1) is 20.8. The molecule has 0 atom stereocenters. The molecule has 1 aliphatic rings. The van der Waals surface area contributed by atoms with E-state index in [0.717, 1.165) is 18.7 Å². The summed E-state index contributed by atoms with van der Waals surface area (Å²) < 4.78 is 10.9. The van der Waals surface area contributed by atoms with Gasteiger partial charge in [-0.3, -0.25) is 4.79 Å². The van der Waals surface area contributed by atoms with Crippen LogP contribution in [-0.4, -0.2) is 44.7 Å². The smallest absolute Gasteiger partial charge is 0.254 e. The van der Waals surface area contributed by atoms with E-state index in [4.69, 9.17) is 9.47 Å². The molecule has 0 bridgehead atoms.